The maximum absolute atomic E-state index is 9.76. The van der Waals surface area contributed by atoms with Crippen LogP contribution in [0.25, 0.3) is 0 Å². The Balaban J connectivity index is 0. The Morgan fingerprint density at radius 1 is 0.850 bits per heavy atom. The van der Waals surface area contributed by atoms with Crippen molar-refractivity contribution >= 4 is 5.97 Å². The molecule has 0 aliphatic rings. The molecule has 20 heavy (non-hydrogen) atoms. The number of carboxylic acids is 1. The summed E-state index contributed by atoms with van der Waals surface area (Å²) in [6.07, 6.45) is 18.1. The lowest BCUT2D eigenvalue weighted by molar-refractivity contribution is -0.137. The van der Waals surface area contributed by atoms with Gasteiger partial charge in [0, 0.05) is 6.42 Å². The average molecular weight is 284 g/mol. The van der Waals surface area contributed by atoms with Crippen molar-refractivity contribution in [3.63, 3.8) is 0 Å². The van der Waals surface area contributed by atoms with E-state index in [4.69, 9.17) is 5.11 Å². The van der Waals surface area contributed by atoms with E-state index in [1.807, 2.05) is 13.0 Å². The lowest BCUT2D eigenvalue weighted by Crippen LogP contribution is -1.91. The highest BCUT2D eigenvalue weighted by Gasteiger charge is 1.91. The van der Waals surface area contributed by atoms with Crippen LogP contribution in [0.5, 0.6) is 0 Å². The molecule has 0 rings (SSSR count). The monoisotopic (exact) mass is 284 g/mol. The van der Waals surface area contributed by atoms with Crippen molar-refractivity contribution in [2.24, 2.45) is 0 Å². The third-order valence-corrected chi connectivity index (χ3v) is 3.26. The van der Waals surface area contributed by atoms with Crippen molar-refractivity contribution in [3.8, 4) is 0 Å². The maximum Gasteiger partial charge on any atom is 0.303 e. The van der Waals surface area contributed by atoms with E-state index in [1.54, 1.807) is 0 Å². The summed E-state index contributed by atoms with van der Waals surface area (Å²) in [5, 5.41) is 8.04. The number of allylic oxidation sites excluding steroid dienone is 1. The van der Waals surface area contributed by atoms with Gasteiger partial charge in [-0.1, -0.05) is 77.7 Å². The summed E-state index contributed by atoms with van der Waals surface area (Å²) in [4.78, 5) is 9.76. The third-order valence-electron chi connectivity index (χ3n) is 3.26. The highest BCUT2D eigenvalue weighted by Crippen LogP contribution is 2.10. The Bertz CT molecular complexity index is 200. The second-order valence-corrected chi connectivity index (χ2v) is 5.40. The van der Waals surface area contributed by atoms with Gasteiger partial charge < -0.3 is 5.11 Å². The lowest BCUT2D eigenvalue weighted by atomic mass is 10.1. The molecule has 2 nitrogen and oxygen atoms in total. The fourth-order valence-electron chi connectivity index (χ4n) is 1.93. The van der Waals surface area contributed by atoms with Gasteiger partial charge >= 0.3 is 5.97 Å². The predicted molar refractivity (Wildman–Crippen MR) is 89.2 cm³/mol. The Morgan fingerprint density at radius 2 is 1.30 bits per heavy atom. The molecule has 0 saturated carbocycles. The molecule has 0 unspecified atom stereocenters. The van der Waals surface area contributed by atoms with Gasteiger partial charge in [-0.15, -0.1) is 6.58 Å². The molecule has 0 bridgehead atoms. The van der Waals surface area contributed by atoms with Gasteiger partial charge in [0.2, 0.25) is 0 Å². The predicted octanol–water partition coefficient (Wildman–Crippen LogP) is 6.35. The summed E-state index contributed by atoms with van der Waals surface area (Å²) >= 11 is 0. The van der Waals surface area contributed by atoms with Crippen LogP contribution in [0, 0.1) is 0 Å². The summed E-state index contributed by atoms with van der Waals surface area (Å²) in [7, 11) is 0. The van der Waals surface area contributed by atoms with Crippen LogP contribution >= 0.6 is 0 Å². The fraction of sp³-hybridized carbons (Fsp3) is 0.833. The first kappa shape index (κ1) is 21.5. The molecule has 0 fully saturated rings. The van der Waals surface area contributed by atoms with Crippen molar-refractivity contribution in [2.75, 3.05) is 0 Å². The molecule has 0 spiro atoms. The molecule has 0 heterocycles. The number of rotatable bonds is 13. The maximum atomic E-state index is 9.76. The summed E-state index contributed by atoms with van der Waals surface area (Å²) in [6, 6.07) is 0. The highest BCUT2D eigenvalue weighted by molar-refractivity contribution is 5.66. The van der Waals surface area contributed by atoms with Crippen molar-refractivity contribution in [3.05, 3.63) is 12.7 Å². The zero-order chi connectivity index (χ0) is 15.5. The number of hydrogen-bond acceptors (Lipinski definition) is 1. The molecule has 0 radical (unpaired) electrons. The quantitative estimate of drug-likeness (QED) is 0.316. The van der Waals surface area contributed by atoms with Crippen LogP contribution < -0.4 is 0 Å². The van der Waals surface area contributed by atoms with Crippen LogP contribution in [0.4, 0.5) is 0 Å². The number of carboxylic acid groups (broad SMARTS) is 1. The normalized spacial score (nSPS) is 9.70. The van der Waals surface area contributed by atoms with Crippen LogP contribution in [-0.4, -0.2) is 11.1 Å². The van der Waals surface area contributed by atoms with Crippen LogP contribution in [0.2, 0.25) is 0 Å². The van der Waals surface area contributed by atoms with E-state index in [0.29, 0.717) is 6.42 Å². The summed E-state index contributed by atoms with van der Waals surface area (Å²) in [5.74, 6) is -0.693. The standard InChI is InChI=1S/C13H26.C5H10O2/c1-3-5-7-9-11-13-12-10-8-6-4-2;1-2-3-4-5(6)7/h3H,1,4-13H2,2H3;2-4H2,1H3,(H,6,7). The van der Waals surface area contributed by atoms with E-state index in [9.17, 15) is 4.79 Å². The topological polar surface area (TPSA) is 37.3 Å². The minimum Gasteiger partial charge on any atom is -0.481 e. The molecule has 0 aliphatic heterocycles. The van der Waals surface area contributed by atoms with E-state index in [-0.39, 0.29) is 0 Å². The average Bonchev–Trinajstić information content (AvgIpc) is 2.44. The Labute approximate surface area is 126 Å². The van der Waals surface area contributed by atoms with E-state index in [0.717, 1.165) is 12.8 Å². The second kappa shape index (κ2) is 20.5. The van der Waals surface area contributed by atoms with Crippen molar-refractivity contribution in [1.29, 1.82) is 0 Å². The number of hydrogen-bond donors (Lipinski definition) is 1. The lowest BCUT2D eigenvalue weighted by Gasteiger charge is -2.00. The smallest absolute Gasteiger partial charge is 0.303 e. The summed E-state index contributed by atoms with van der Waals surface area (Å²) < 4.78 is 0. The van der Waals surface area contributed by atoms with Gasteiger partial charge in [0.25, 0.3) is 0 Å². The van der Waals surface area contributed by atoms with Crippen LogP contribution in [0.3, 0.4) is 0 Å². The van der Waals surface area contributed by atoms with Gasteiger partial charge in [-0.25, -0.2) is 0 Å². The van der Waals surface area contributed by atoms with E-state index in [2.05, 4.69) is 13.5 Å². The van der Waals surface area contributed by atoms with Crippen molar-refractivity contribution < 1.29 is 9.90 Å². The Kier molecular flexibility index (Phi) is 22.1. The minimum atomic E-state index is -0.693. The first-order valence-electron chi connectivity index (χ1n) is 8.51. The van der Waals surface area contributed by atoms with E-state index in [1.165, 1.54) is 64.2 Å². The molecule has 0 aromatic carbocycles. The molecule has 0 saturated heterocycles. The minimum absolute atomic E-state index is 0.316. The number of unbranched alkanes of at least 4 members (excludes halogenated alkanes) is 10. The Hall–Kier alpha value is -0.790. The first-order chi connectivity index (χ1) is 9.68. The number of aliphatic carboxylic acids is 1. The molecule has 1 N–H and O–H groups in total. The van der Waals surface area contributed by atoms with E-state index < -0.39 is 5.97 Å². The summed E-state index contributed by atoms with van der Waals surface area (Å²) in [6.45, 7) is 7.98. The van der Waals surface area contributed by atoms with Gasteiger partial charge in [0.15, 0.2) is 0 Å². The zero-order valence-corrected chi connectivity index (χ0v) is 13.8. The van der Waals surface area contributed by atoms with Crippen LogP contribution in [-0.2, 0) is 4.79 Å². The molecule has 0 aliphatic carbocycles. The SMILES string of the molecule is C=CCCCCCCCCCCC.CCCCC(=O)O. The zero-order valence-electron chi connectivity index (χ0n) is 13.8. The second-order valence-electron chi connectivity index (χ2n) is 5.40. The van der Waals surface area contributed by atoms with E-state index >= 15 is 0 Å². The fourth-order valence-corrected chi connectivity index (χ4v) is 1.93. The third kappa shape index (κ3) is 25.9. The largest absolute Gasteiger partial charge is 0.481 e. The Morgan fingerprint density at radius 3 is 1.65 bits per heavy atom. The molecule has 0 atom stereocenters. The molecule has 0 aromatic heterocycles. The van der Waals surface area contributed by atoms with Gasteiger partial charge in [-0.3, -0.25) is 4.79 Å². The summed E-state index contributed by atoms with van der Waals surface area (Å²) in [5.41, 5.74) is 0. The first-order valence-corrected chi connectivity index (χ1v) is 8.51. The highest BCUT2D eigenvalue weighted by atomic mass is 16.4. The van der Waals surface area contributed by atoms with Gasteiger partial charge in [-0.2, -0.15) is 0 Å². The van der Waals surface area contributed by atoms with Gasteiger partial charge in [0.05, 0.1) is 0 Å². The van der Waals surface area contributed by atoms with Crippen molar-refractivity contribution in [1.82, 2.24) is 0 Å². The molecule has 0 amide bonds. The molecule has 0 aromatic rings. The van der Waals surface area contributed by atoms with Gasteiger partial charge in [0.1, 0.15) is 0 Å². The number of carbonyl (C=O) groups is 1. The molecular formula is C18H36O2. The van der Waals surface area contributed by atoms with Gasteiger partial charge in [-0.05, 0) is 19.3 Å². The molecule has 120 valence electrons. The molecule has 2 heteroatoms. The van der Waals surface area contributed by atoms with Crippen LogP contribution in [0.1, 0.15) is 97.3 Å². The molecular weight excluding hydrogens is 248 g/mol. The van der Waals surface area contributed by atoms with Crippen LogP contribution in [0.15, 0.2) is 12.7 Å². The van der Waals surface area contributed by atoms with Crippen molar-refractivity contribution in [2.45, 2.75) is 97.3 Å².